The minimum atomic E-state index is -0.627. The summed E-state index contributed by atoms with van der Waals surface area (Å²) in [6.45, 7) is 2.23. The van der Waals surface area contributed by atoms with Crippen LogP contribution in [0.15, 0.2) is 36.4 Å². The Hall–Kier alpha value is -1.65. The molecule has 0 saturated heterocycles. The molecule has 1 aliphatic carbocycles. The third-order valence-corrected chi connectivity index (χ3v) is 5.33. The van der Waals surface area contributed by atoms with Crippen LogP contribution in [0.2, 0.25) is 0 Å². The Morgan fingerprint density at radius 2 is 1.90 bits per heavy atom. The van der Waals surface area contributed by atoms with Crippen molar-refractivity contribution in [2.45, 2.75) is 31.8 Å². The molecule has 21 heavy (non-hydrogen) atoms. The van der Waals surface area contributed by atoms with Crippen LogP contribution in [-0.2, 0) is 34.4 Å². The van der Waals surface area contributed by atoms with E-state index >= 15 is 0 Å². The lowest BCUT2D eigenvalue weighted by Crippen LogP contribution is -2.37. The van der Waals surface area contributed by atoms with E-state index in [1.807, 2.05) is 31.2 Å². The normalized spacial score (nSPS) is 15.7. The molecule has 0 atom stereocenters. The zero-order valence-electron chi connectivity index (χ0n) is 12.0. The van der Waals surface area contributed by atoms with Crippen molar-refractivity contribution in [1.29, 1.82) is 0 Å². The number of hydrogen-bond donors (Lipinski definition) is 1. The van der Waals surface area contributed by atoms with Crippen molar-refractivity contribution in [2.75, 3.05) is 6.61 Å². The fraction of sp³-hybridized carbons (Fsp3) is 0.353. The van der Waals surface area contributed by atoms with E-state index in [0.29, 0.717) is 19.4 Å². The molecule has 0 spiro atoms. The highest BCUT2D eigenvalue weighted by Crippen LogP contribution is 2.43. The van der Waals surface area contributed by atoms with Gasteiger partial charge in [0.15, 0.2) is 0 Å². The lowest BCUT2D eigenvalue weighted by Gasteiger charge is -2.25. The maximum absolute atomic E-state index is 12.7. The van der Waals surface area contributed by atoms with Gasteiger partial charge in [0.1, 0.15) is 5.41 Å². The van der Waals surface area contributed by atoms with Gasteiger partial charge >= 0.3 is 5.97 Å². The van der Waals surface area contributed by atoms with Gasteiger partial charge in [-0.1, -0.05) is 24.3 Å². The van der Waals surface area contributed by atoms with Crippen molar-refractivity contribution in [3.63, 3.8) is 0 Å². The Labute approximate surface area is 128 Å². The Kier molecular flexibility index (Phi) is 3.83. The molecule has 3 nitrogen and oxygen atoms in total. The summed E-state index contributed by atoms with van der Waals surface area (Å²) in [5, 5.41) is 9.29. The molecule has 0 unspecified atom stereocenters. The smallest absolute Gasteiger partial charge is 0.318 e. The minimum absolute atomic E-state index is 0.0104. The molecule has 0 radical (unpaired) electrons. The molecule has 110 valence electrons. The van der Waals surface area contributed by atoms with E-state index in [1.165, 1.54) is 22.5 Å². The lowest BCUT2D eigenvalue weighted by atomic mass is 9.83. The lowest BCUT2D eigenvalue weighted by molar-refractivity contribution is -0.149. The second kappa shape index (κ2) is 5.62. The molecule has 0 saturated carbocycles. The van der Waals surface area contributed by atoms with Gasteiger partial charge in [0.25, 0.3) is 0 Å². The first kappa shape index (κ1) is 14.3. The molecule has 3 rings (SSSR count). The number of aliphatic hydroxyl groups excluding tert-OH is 1. The first-order chi connectivity index (χ1) is 10.2. The SMILES string of the molecule is CCOC(=O)C1(c2ccc(CO)s2)Cc2ccccc2C1. The first-order valence-corrected chi connectivity index (χ1v) is 7.95. The van der Waals surface area contributed by atoms with Gasteiger partial charge in [0, 0.05) is 9.75 Å². The number of carbonyl (C=O) groups is 1. The minimum Gasteiger partial charge on any atom is -0.465 e. The van der Waals surface area contributed by atoms with Gasteiger partial charge < -0.3 is 9.84 Å². The molecule has 0 aliphatic heterocycles. The van der Waals surface area contributed by atoms with Crippen LogP contribution < -0.4 is 0 Å². The van der Waals surface area contributed by atoms with E-state index in [1.54, 1.807) is 0 Å². The maximum atomic E-state index is 12.7. The van der Waals surface area contributed by atoms with Gasteiger partial charge in [-0.15, -0.1) is 11.3 Å². The topological polar surface area (TPSA) is 46.5 Å². The third-order valence-electron chi connectivity index (χ3n) is 4.06. The van der Waals surface area contributed by atoms with Crippen molar-refractivity contribution in [2.24, 2.45) is 0 Å². The van der Waals surface area contributed by atoms with Crippen LogP contribution >= 0.6 is 11.3 Å². The third kappa shape index (κ3) is 2.39. The van der Waals surface area contributed by atoms with E-state index in [4.69, 9.17) is 4.74 Å². The Morgan fingerprint density at radius 1 is 1.24 bits per heavy atom. The Morgan fingerprint density at radius 3 is 2.43 bits per heavy atom. The van der Waals surface area contributed by atoms with Crippen LogP contribution in [0, 0.1) is 0 Å². The van der Waals surface area contributed by atoms with Gasteiger partial charge in [-0.3, -0.25) is 4.79 Å². The summed E-state index contributed by atoms with van der Waals surface area (Å²) in [6.07, 6.45) is 1.35. The predicted molar refractivity (Wildman–Crippen MR) is 82.4 cm³/mol. The molecule has 1 aromatic carbocycles. The van der Waals surface area contributed by atoms with E-state index in [0.717, 1.165) is 9.75 Å². The number of benzene rings is 1. The van der Waals surface area contributed by atoms with Crippen LogP contribution in [0.1, 0.15) is 27.8 Å². The standard InChI is InChI=1S/C17H18O3S/c1-2-20-16(19)17(15-8-7-14(11-18)21-15)9-12-5-3-4-6-13(12)10-17/h3-8,18H,2,9-11H2,1H3. The Bertz CT molecular complexity index is 635. The van der Waals surface area contributed by atoms with Gasteiger partial charge in [0.2, 0.25) is 0 Å². The second-order valence-electron chi connectivity index (χ2n) is 5.35. The predicted octanol–water partition coefficient (Wildman–Crippen LogP) is 2.84. The quantitative estimate of drug-likeness (QED) is 0.883. The molecule has 1 aromatic heterocycles. The zero-order valence-corrected chi connectivity index (χ0v) is 12.8. The van der Waals surface area contributed by atoms with Crippen LogP contribution in [0.3, 0.4) is 0 Å². The van der Waals surface area contributed by atoms with E-state index in [2.05, 4.69) is 12.1 Å². The second-order valence-corrected chi connectivity index (χ2v) is 6.52. The number of hydrogen-bond acceptors (Lipinski definition) is 4. The van der Waals surface area contributed by atoms with Crippen LogP contribution in [0.4, 0.5) is 0 Å². The number of esters is 1. The summed E-state index contributed by atoms with van der Waals surface area (Å²) in [6, 6.07) is 12.0. The number of fused-ring (bicyclic) bond motifs is 1. The molecular formula is C17H18O3S. The average molecular weight is 302 g/mol. The van der Waals surface area contributed by atoms with Crippen molar-refractivity contribution in [3.05, 3.63) is 57.3 Å². The molecule has 1 aliphatic rings. The summed E-state index contributed by atoms with van der Waals surface area (Å²) in [5.74, 6) is -0.160. The molecular weight excluding hydrogens is 284 g/mol. The number of carbonyl (C=O) groups excluding carboxylic acids is 1. The number of rotatable bonds is 4. The highest BCUT2D eigenvalue weighted by molar-refractivity contribution is 7.12. The first-order valence-electron chi connectivity index (χ1n) is 7.13. The van der Waals surface area contributed by atoms with Gasteiger partial charge in [-0.2, -0.15) is 0 Å². The van der Waals surface area contributed by atoms with Crippen LogP contribution in [-0.4, -0.2) is 17.7 Å². The largest absolute Gasteiger partial charge is 0.465 e. The van der Waals surface area contributed by atoms with Crippen LogP contribution in [0.25, 0.3) is 0 Å². The van der Waals surface area contributed by atoms with Crippen LogP contribution in [0.5, 0.6) is 0 Å². The van der Waals surface area contributed by atoms with E-state index < -0.39 is 5.41 Å². The molecule has 2 aromatic rings. The maximum Gasteiger partial charge on any atom is 0.318 e. The zero-order chi connectivity index (χ0) is 14.9. The molecule has 1 N–H and O–H groups in total. The summed E-state index contributed by atoms with van der Waals surface area (Å²) < 4.78 is 5.36. The highest BCUT2D eigenvalue weighted by atomic mass is 32.1. The summed E-state index contributed by atoms with van der Waals surface area (Å²) in [5.41, 5.74) is 1.80. The van der Waals surface area contributed by atoms with Crippen molar-refractivity contribution in [1.82, 2.24) is 0 Å². The van der Waals surface area contributed by atoms with Gasteiger partial charge in [-0.05, 0) is 43.0 Å². The number of ether oxygens (including phenoxy) is 1. The molecule has 0 amide bonds. The number of thiophene rings is 1. The monoisotopic (exact) mass is 302 g/mol. The van der Waals surface area contributed by atoms with Crippen molar-refractivity contribution >= 4 is 17.3 Å². The summed E-state index contributed by atoms with van der Waals surface area (Å²) in [4.78, 5) is 14.5. The average Bonchev–Trinajstić information content (AvgIpc) is 3.12. The van der Waals surface area contributed by atoms with Gasteiger partial charge in [-0.25, -0.2) is 0 Å². The molecule has 1 heterocycles. The fourth-order valence-corrected chi connectivity index (χ4v) is 4.07. The van der Waals surface area contributed by atoms with Gasteiger partial charge in [0.05, 0.1) is 13.2 Å². The molecule has 0 bridgehead atoms. The highest BCUT2D eigenvalue weighted by Gasteiger charge is 2.47. The summed E-state index contributed by atoms with van der Waals surface area (Å²) >= 11 is 1.50. The molecule has 0 fully saturated rings. The van der Waals surface area contributed by atoms with Crippen molar-refractivity contribution < 1.29 is 14.6 Å². The molecule has 4 heteroatoms. The van der Waals surface area contributed by atoms with E-state index in [9.17, 15) is 9.90 Å². The van der Waals surface area contributed by atoms with Crippen molar-refractivity contribution in [3.8, 4) is 0 Å². The fourth-order valence-electron chi connectivity index (χ4n) is 3.02. The number of aliphatic hydroxyl groups is 1. The van der Waals surface area contributed by atoms with E-state index in [-0.39, 0.29) is 12.6 Å². The Balaban J connectivity index is 2.04. The summed E-state index contributed by atoms with van der Waals surface area (Å²) in [7, 11) is 0.